The highest BCUT2D eigenvalue weighted by Gasteiger charge is 2.03. The summed E-state index contributed by atoms with van der Waals surface area (Å²) in [6.07, 6.45) is 0.665. The molecule has 0 saturated carbocycles. The van der Waals surface area contributed by atoms with E-state index in [1.807, 2.05) is 37.3 Å². The molecule has 0 spiro atoms. The van der Waals surface area contributed by atoms with E-state index in [1.165, 1.54) is 0 Å². The molecule has 19 heavy (non-hydrogen) atoms. The Kier molecular flexibility index (Phi) is 2.83. The quantitative estimate of drug-likeness (QED) is 0.759. The molecule has 0 aliphatic carbocycles. The fourth-order valence-corrected chi connectivity index (χ4v) is 2.14. The smallest absolute Gasteiger partial charge is 0.220 e. The van der Waals surface area contributed by atoms with Gasteiger partial charge in [-0.1, -0.05) is 24.3 Å². The van der Waals surface area contributed by atoms with Crippen LogP contribution in [-0.2, 0) is 6.42 Å². The summed E-state index contributed by atoms with van der Waals surface area (Å²) in [6.45, 7) is 1.91. The maximum Gasteiger partial charge on any atom is 0.220 e. The first-order chi connectivity index (χ1) is 9.20. The zero-order chi connectivity index (χ0) is 13.2. The third-order valence-corrected chi connectivity index (χ3v) is 2.94. The lowest BCUT2D eigenvalue weighted by molar-refractivity contribution is 0.986. The summed E-state index contributed by atoms with van der Waals surface area (Å²) in [6, 6.07) is 14.1. The number of pyridine rings is 1. The number of hydrogen-bond acceptors (Lipinski definition) is 4. The largest absolute Gasteiger partial charge is 0.368 e. The molecule has 4 nitrogen and oxygen atoms in total. The fourth-order valence-electron chi connectivity index (χ4n) is 2.14. The predicted molar refractivity (Wildman–Crippen MR) is 75.7 cm³/mol. The molecule has 2 N–H and O–H groups in total. The van der Waals surface area contributed by atoms with Crippen LogP contribution >= 0.6 is 0 Å². The van der Waals surface area contributed by atoms with E-state index < -0.39 is 0 Å². The standard InChI is InChI=1S/C15H14N4/c1-10-8-13(19-15(16)17-10)9-12-7-6-11-4-2-3-5-14(11)18-12/h2-8H,9H2,1H3,(H2,16,17,19). The molecule has 0 atom stereocenters. The van der Waals surface area contributed by atoms with Gasteiger partial charge in [-0.05, 0) is 25.1 Å². The van der Waals surface area contributed by atoms with Crippen LogP contribution in [0.1, 0.15) is 17.1 Å². The summed E-state index contributed by atoms with van der Waals surface area (Å²) in [4.78, 5) is 12.9. The molecule has 0 saturated heterocycles. The fraction of sp³-hybridized carbons (Fsp3) is 0.133. The summed E-state index contributed by atoms with van der Waals surface area (Å²) in [5.74, 6) is 0.316. The molecule has 0 radical (unpaired) electrons. The Balaban J connectivity index is 1.96. The molecule has 0 fully saturated rings. The van der Waals surface area contributed by atoms with Crippen molar-refractivity contribution in [1.82, 2.24) is 15.0 Å². The van der Waals surface area contributed by atoms with Gasteiger partial charge >= 0.3 is 0 Å². The topological polar surface area (TPSA) is 64.7 Å². The Morgan fingerprint density at radius 1 is 0.947 bits per heavy atom. The molecule has 4 heteroatoms. The van der Waals surface area contributed by atoms with E-state index in [0.717, 1.165) is 28.0 Å². The van der Waals surface area contributed by atoms with Crippen molar-refractivity contribution in [2.75, 3.05) is 5.73 Å². The van der Waals surface area contributed by atoms with Gasteiger partial charge in [0.05, 0.1) is 11.2 Å². The number of hydrogen-bond donors (Lipinski definition) is 1. The van der Waals surface area contributed by atoms with Crippen molar-refractivity contribution in [3.8, 4) is 0 Å². The first-order valence-corrected chi connectivity index (χ1v) is 6.15. The van der Waals surface area contributed by atoms with Gasteiger partial charge in [-0.15, -0.1) is 0 Å². The highest BCUT2D eigenvalue weighted by Crippen LogP contribution is 2.14. The number of nitrogen functional groups attached to an aromatic ring is 1. The first-order valence-electron chi connectivity index (χ1n) is 6.15. The first kappa shape index (κ1) is 11.6. The Morgan fingerprint density at radius 2 is 1.79 bits per heavy atom. The molecular formula is C15H14N4. The van der Waals surface area contributed by atoms with Crippen LogP contribution in [0.3, 0.4) is 0 Å². The van der Waals surface area contributed by atoms with Gasteiger partial charge in [0.1, 0.15) is 0 Å². The number of aryl methyl sites for hydroxylation is 1. The average Bonchev–Trinajstić information content (AvgIpc) is 2.37. The highest BCUT2D eigenvalue weighted by molar-refractivity contribution is 5.78. The second kappa shape index (κ2) is 4.65. The van der Waals surface area contributed by atoms with Crippen LogP contribution in [0, 0.1) is 6.92 Å². The summed E-state index contributed by atoms with van der Waals surface area (Å²) in [5, 5.41) is 1.14. The van der Waals surface area contributed by atoms with E-state index in [1.54, 1.807) is 0 Å². The SMILES string of the molecule is Cc1cc(Cc2ccc3ccccc3n2)nc(N)n1. The lowest BCUT2D eigenvalue weighted by atomic mass is 10.1. The summed E-state index contributed by atoms with van der Waals surface area (Å²) < 4.78 is 0. The number of aromatic nitrogens is 3. The minimum absolute atomic E-state index is 0.316. The van der Waals surface area contributed by atoms with Crippen LogP contribution in [0.25, 0.3) is 10.9 Å². The van der Waals surface area contributed by atoms with E-state index in [4.69, 9.17) is 5.73 Å². The van der Waals surface area contributed by atoms with E-state index in [9.17, 15) is 0 Å². The van der Waals surface area contributed by atoms with Gasteiger partial charge in [0.2, 0.25) is 5.95 Å². The van der Waals surface area contributed by atoms with Crippen molar-refractivity contribution >= 4 is 16.9 Å². The molecule has 3 aromatic rings. The zero-order valence-electron chi connectivity index (χ0n) is 10.7. The Labute approximate surface area is 111 Å². The van der Waals surface area contributed by atoms with Crippen LogP contribution in [-0.4, -0.2) is 15.0 Å². The Bertz CT molecular complexity index is 717. The number of nitrogens with zero attached hydrogens (tertiary/aromatic N) is 3. The maximum absolute atomic E-state index is 5.66. The highest BCUT2D eigenvalue weighted by atomic mass is 15.0. The number of para-hydroxylation sites is 1. The minimum Gasteiger partial charge on any atom is -0.368 e. The second-order valence-electron chi connectivity index (χ2n) is 4.53. The van der Waals surface area contributed by atoms with E-state index in [0.29, 0.717) is 12.4 Å². The number of fused-ring (bicyclic) bond motifs is 1. The molecular weight excluding hydrogens is 236 g/mol. The summed E-state index contributed by atoms with van der Waals surface area (Å²) in [5.41, 5.74) is 9.42. The van der Waals surface area contributed by atoms with Gasteiger partial charge in [-0.2, -0.15) is 0 Å². The second-order valence-corrected chi connectivity index (χ2v) is 4.53. The third kappa shape index (κ3) is 2.52. The number of anilines is 1. The molecule has 2 heterocycles. The van der Waals surface area contributed by atoms with Crippen molar-refractivity contribution in [2.24, 2.45) is 0 Å². The third-order valence-electron chi connectivity index (χ3n) is 2.94. The van der Waals surface area contributed by atoms with Gasteiger partial charge in [0.15, 0.2) is 0 Å². The molecule has 1 aromatic carbocycles. The Morgan fingerprint density at radius 3 is 2.63 bits per heavy atom. The van der Waals surface area contributed by atoms with Crippen molar-refractivity contribution < 1.29 is 0 Å². The molecule has 94 valence electrons. The van der Waals surface area contributed by atoms with Crippen LogP contribution < -0.4 is 5.73 Å². The van der Waals surface area contributed by atoms with E-state index in [-0.39, 0.29) is 0 Å². The van der Waals surface area contributed by atoms with Crippen molar-refractivity contribution in [3.05, 3.63) is 59.5 Å². The van der Waals surface area contributed by atoms with E-state index in [2.05, 4.69) is 27.1 Å². The maximum atomic E-state index is 5.66. The van der Waals surface area contributed by atoms with Gasteiger partial charge in [-0.25, -0.2) is 9.97 Å². The molecule has 0 bridgehead atoms. The summed E-state index contributed by atoms with van der Waals surface area (Å²) in [7, 11) is 0. The number of benzene rings is 1. The lowest BCUT2D eigenvalue weighted by Crippen LogP contribution is -2.02. The normalized spacial score (nSPS) is 10.8. The van der Waals surface area contributed by atoms with Crippen LogP contribution in [0.5, 0.6) is 0 Å². The minimum atomic E-state index is 0.316. The average molecular weight is 250 g/mol. The molecule has 0 amide bonds. The molecule has 0 aliphatic heterocycles. The molecule has 0 aliphatic rings. The van der Waals surface area contributed by atoms with Crippen molar-refractivity contribution in [3.63, 3.8) is 0 Å². The van der Waals surface area contributed by atoms with Crippen LogP contribution in [0.4, 0.5) is 5.95 Å². The van der Waals surface area contributed by atoms with Crippen molar-refractivity contribution in [1.29, 1.82) is 0 Å². The van der Waals surface area contributed by atoms with Crippen LogP contribution in [0.2, 0.25) is 0 Å². The lowest BCUT2D eigenvalue weighted by Gasteiger charge is -2.04. The van der Waals surface area contributed by atoms with Gasteiger partial charge in [0.25, 0.3) is 0 Å². The molecule has 0 unspecified atom stereocenters. The zero-order valence-corrected chi connectivity index (χ0v) is 10.7. The van der Waals surface area contributed by atoms with E-state index >= 15 is 0 Å². The molecule has 3 rings (SSSR count). The Hall–Kier alpha value is -2.49. The van der Waals surface area contributed by atoms with Gasteiger partial charge in [0, 0.05) is 23.2 Å². The monoisotopic (exact) mass is 250 g/mol. The van der Waals surface area contributed by atoms with Crippen molar-refractivity contribution in [2.45, 2.75) is 13.3 Å². The molecule has 2 aromatic heterocycles. The van der Waals surface area contributed by atoms with Gasteiger partial charge < -0.3 is 5.73 Å². The van der Waals surface area contributed by atoms with Gasteiger partial charge in [-0.3, -0.25) is 4.98 Å². The number of nitrogens with two attached hydrogens (primary N) is 1. The van der Waals surface area contributed by atoms with Crippen LogP contribution in [0.15, 0.2) is 42.5 Å². The predicted octanol–water partition coefficient (Wildman–Crippen LogP) is 2.51. The summed E-state index contributed by atoms with van der Waals surface area (Å²) >= 11 is 0. The number of rotatable bonds is 2.